The van der Waals surface area contributed by atoms with Crippen molar-refractivity contribution in [3.05, 3.63) is 65.7 Å². The Bertz CT molecular complexity index is 844. The number of carboxylic acids is 2. The van der Waals surface area contributed by atoms with Crippen molar-refractivity contribution < 1.29 is 29.4 Å². The van der Waals surface area contributed by atoms with Gasteiger partial charge in [-0.2, -0.15) is 0 Å². The van der Waals surface area contributed by atoms with Crippen LogP contribution < -0.4 is 22.9 Å². The highest BCUT2D eigenvalue weighted by molar-refractivity contribution is 5.91. The second-order valence-electron chi connectivity index (χ2n) is 6.97. The minimum absolute atomic E-state index is 0. The van der Waals surface area contributed by atoms with Gasteiger partial charge >= 0.3 is 11.9 Å². The summed E-state index contributed by atoms with van der Waals surface area (Å²) in [5.74, 6) is -1.74. The first-order valence-corrected chi connectivity index (χ1v) is 10.5. The molecule has 1 amide bonds. The van der Waals surface area contributed by atoms with Crippen LogP contribution in [-0.4, -0.2) is 46.9 Å². The number of carbonyl (C=O) groups excluding carboxylic acids is 2. The molecule has 2 rings (SSSR count). The zero-order valence-electron chi connectivity index (χ0n) is 19.5. The molecule has 0 fully saturated rings. The van der Waals surface area contributed by atoms with Crippen molar-refractivity contribution in [2.45, 2.75) is 45.1 Å². The van der Waals surface area contributed by atoms with Gasteiger partial charge in [-0.1, -0.05) is 37.3 Å². The summed E-state index contributed by atoms with van der Waals surface area (Å²) in [6.07, 6.45) is 3.38. The van der Waals surface area contributed by atoms with Gasteiger partial charge in [-0.25, -0.2) is 0 Å². The molecule has 10 N–H and O–H groups in total. The molecule has 1 atom stereocenters. The third-order valence-corrected chi connectivity index (χ3v) is 4.04. The summed E-state index contributed by atoms with van der Waals surface area (Å²) in [5, 5.41) is 19.3. The predicted octanol–water partition coefficient (Wildman–Crippen LogP) is 2.85. The topological polar surface area (TPSA) is 208 Å². The standard InChI is InChI=1S/C11H13NO2.C8H8O2.C5H12N2O2.H3N/c1-2-3-11(14)12-10-6-4-9(8-13)5-7-10;9-8(10)6-7-4-2-1-3-5-7;6-3-1-2-4(7)5(8)9;/h4-8H,2-3H2,1H3,(H,12,14);1-5H,6H2,(H,9,10);4H,1-3,6-7H2,(H,8,9);1H3/t;;4-;/m..0./s1. The van der Waals surface area contributed by atoms with Crippen LogP contribution in [0.4, 0.5) is 5.69 Å². The maximum absolute atomic E-state index is 11.2. The number of carboxylic acid groups (broad SMARTS) is 2. The largest absolute Gasteiger partial charge is 0.481 e. The van der Waals surface area contributed by atoms with Gasteiger partial charge in [0.15, 0.2) is 0 Å². The van der Waals surface area contributed by atoms with Crippen LogP contribution in [0, 0.1) is 0 Å². The molecule has 10 nitrogen and oxygen atoms in total. The number of nitrogens with one attached hydrogen (secondary N) is 1. The Labute approximate surface area is 199 Å². The van der Waals surface area contributed by atoms with E-state index in [2.05, 4.69) is 5.32 Å². The lowest BCUT2D eigenvalue weighted by Crippen LogP contribution is -2.30. The van der Waals surface area contributed by atoms with E-state index in [0.717, 1.165) is 24.0 Å². The summed E-state index contributed by atoms with van der Waals surface area (Å²) in [5.41, 5.74) is 12.5. The van der Waals surface area contributed by atoms with Crippen LogP contribution in [0.5, 0.6) is 0 Å². The van der Waals surface area contributed by atoms with Gasteiger partial charge in [0.1, 0.15) is 12.3 Å². The molecule has 0 unspecified atom stereocenters. The maximum atomic E-state index is 11.2. The van der Waals surface area contributed by atoms with Gasteiger partial charge in [-0.3, -0.25) is 19.2 Å². The molecule has 0 bridgehead atoms. The first-order valence-electron chi connectivity index (χ1n) is 10.5. The van der Waals surface area contributed by atoms with Gasteiger partial charge in [0.05, 0.1) is 6.42 Å². The number of benzene rings is 2. The molecule has 0 heterocycles. The number of carbonyl (C=O) groups is 4. The third kappa shape index (κ3) is 17.0. The number of aldehydes is 1. The molecule has 0 aliphatic rings. The molecule has 10 heteroatoms. The second-order valence-corrected chi connectivity index (χ2v) is 6.97. The molecule has 188 valence electrons. The van der Waals surface area contributed by atoms with Crippen LogP contribution >= 0.6 is 0 Å². The minimum atomic E-state index is -0.955. The Morgan fingerprint density at radius 2 is 1.62 bits per heavy atom. The van der Waals surface area contributed by atoms with Crippen LogP contribution in [-0.2, 0) is 20.8 Å². The zero-order valence-corrected chi connectivity index (χ0v) is 19.5. The van der Waals surface area contributed by atoms with Crippen LogP contribution in [0.1, 0.15) is 48.5 Å². The summed E-state index contributed by atoms with van der Waals surface area (Å²) < 4.78 is 0. The van der Waals surface area contributed by atoms with Crippen LogP contribution in [0.3, 0.4) is 0 Å². The Hall–Kier alpha value is -3.60. The number of rotatable bonds is 10. The van der Waals surface area contributed by atoms with Crippen molar-refractivity contribution in [2.75, 3.05) is 11.9 Å². The van der Waals surface area contributed by atoms with Crippen molar-refractivity contribution in [2.24, 2.45) is 11.5 Å². The first kappa shape index (κ1) is 32.6. The second kappa shape index (κ2) is 20.0. The Balaban J connectivity index is 0. The number of hydrogen-bond donors (Lipinski definition) is 6. The SMILES string of the molecule is CCCC(=O)Nc1ccc(C=O)cc1.N.NCCC[C@H](N)C(=O)O.O=C(O)Cc1ccccc1. The fourth-order valence-electron chi connectivity index (χ4n) is 2.33. The van der Waals surface area contributed by atoms with Gasteiger partial charge < -0.3 is 33.1 Å². The summed E-state index contributed by atoms with van der Waals surface area (Å²) in [4.78, 5) is 41.7. The Morgan fingerprint density at radius 3 is 2.06 bits per heavy atom. The summed E-state index contributed by atoms with van der Waals surface area (Å²) in [7, 11) is 0. The molecule has 0 aromatic heterocycles. The number of aliphatic carboxylic acids is 2. The smallest absolute Gasteiger partial charge is 0.320 e. The van der Waals surface area contributed by atoms with Crippen molar-refractivity contribution >= 4 is 29.8 Å². The lowest BCUT2D eigenvalue weighted by molar-refractivity contribution is -0.139. The summed E-state index contributed by atoms with van der Waals surface area (Å²) in [6.45, 7) is 2.45. The van der Waals surface area contributed by atoms with E-state index in [-0.39, 0.29) is 18.5 Å². The molecule has 0 saturated heterocycles. The third-order valence-electron chi connectivity index (χ3n) is 4.04. The molecule has 2 aromatic carbocycles. The molecule has 2 aromatic rings. The van der Waals surface area contributed by atoms with Crippen molar-refractivity contribution in [3.63, 3.8) is 0 Å². The van der Waals surface area contributed by atoms with E-state index >= 15 is 0 Å². The average molecular weight is 477 g/mol. The van der Waals surface area contributed by atoms with E-state index in [1.807, 2.05) is 25.1 Å². The number of hydrogen-bond acceptors (Lipinski definition) is 7. The molecular formula is C24H36N4O6. The van der Waals surface area contributed by atoms with Crippen LogP contribution in [0.15, 0.2) is 54.6 Å². The van der Waals surface area contributed by atoms with Gasteiger partial charge in [0.25, 0.3) is 0 Å². The van der Waals surface area contributed by atoms with Crippen molar-refractivity contribution in [1.29, 1.82) is 0 Å². The fraction of sp³-hybridized carbons (Fsp3) is 0.333. The highest BCUT2D eigenvalue weighted by Gasteiger charge is 2.08. The number of anilines is 1. The van der Waals surface area contributed by atoms with E-state index < -0.39 is 18.0 Å². The average Bonchev–Trinajstić information content (AvgIpc) is 2.79. The summed E-state index contributed by atoms with van der Waals surface area (Å²) in [6, 6.07) is 15.2. The predicted molar refractivity (Wildman–Crippen MR) is 132 cm³/mol. The Kier molecular flexibility index (Phi) is 19.2. The summed E-state index contributed by atoms with van der Waals surface area (Å²) >= 11 is 0. The van der Waals surface area contributed by atoms with Gasteiger partial charge in [-0.05, 0) is 55.6 Å². The number of amides is 1. The molecular weight excluding hydrogens is 440 g/mol. The normalized spacial score (nSPS) is 10.1. The van der Waals surface area contributed by atoms with Crippen LogP contribution in [0.2, 0.25) is 0 Å². The fourth-order valence-corrected chi connectivity index (χ4v) is 2.33. The van der Waals surface area contributed by atoms with E-state index in [0.29, 0.717) is 31.4 Å². The van der Waals surface area contributed by atoms with Gasteiger partial charge in [0.2, 0.25) is 5.91 Å². The van der Waals surface area contributed by atoms with E-state index in [9.17, 15) is 19.2 Å². The lowest BCUT2D eigenvalue weighted by Gasteiger charge is -2.03. The maximum Gasteiger partial charge on any atom is 0.320 e. The highest BCUT2D eigenvalue weighted by Crippen LogP contribution is 2.08. The molecule has 0 aliphatic heterocycles. The van der Waals surface area contributed by atoms with Crippen LogP contribution in [0.25, 0.3) is 0 Å². The first-order chi connectivity index (χ1) is 15.7. The number of nitrogens with two attached hydrogens (primary N) is 2. The zero-order chi connectivity index (χ0) is 25.1. The monoisotopic (exact) mass is 476 g/mol. The van der Waals surface area contributed by atoms with E-state index in [1.54, 1.807) is 36.4 Å². The minimum Gasteiger partial charge on any atom is -0.481 e. The van der Waals surface area contributed by atoms with Gasteiger partial charge in [-0.15, -0.1) is 0 Å². The van der Waals surface area contributed by atoms with Crippen molar-refractivity contribution in [3.8, 4) is 0 Å². The molecule has 34 heavy (non-hydrogen) atoms. The molecule has 0 spiro atoms. The quantitative estimate of drug-likeness (QED) is 0.278. The lowest BCUT2D eigenvalue weighted by atomic mass is 10.2. The molecule has 0 aliphatic carbocycles. The molecule has 0 saturated carbocycles. The van der Waals surface area contributed by atoms with E-state index in [1.165, 1.54) is 0 Å². The van der Waals surface area contributed by atoms with Crippen molar-refractivity contribution in [1.82, 2.24) is 6.15 Å². The highest BCUT2D eigenvalue weighted by atomic mass is 16.4. The molecule has 0 radical (unpaired) electrons. The Morgan fingerprint density at radius 1 is 1.03 bits per heavy atom. The van der Waals surface area contributed by atoms with Gasteiger partial charge in [0, 0.05) is 17.7 Å². The van der Waals surface area contributed by atoms with E-state index in [4.69, 9.17) is 21.7 Å².